The number of aryl methyl sites for hydroxylation is 1. The molecule has 5 heteroatoms. The number of imidazole rings is 1. The first-order chi connectivity index (χ1) is 10.2. The van der Waals surface area contributed by atoms with Crippen LogP contribution in [0.2, 0.25) is 0 Å². The van der Waals surface area contributed by atoms with Crippen molar-refractivity contribution in [1.82, 2.24) is 14.9 Å². The fourth-order valence-electron chi connectivity index (χ4n) is 1.98. The Morgan fingerprint density at radius 1 is 1.38 bits per heavy atom. The predicted octanol–water partition coefficient (Wildman–Crippen LogP) is 2.43. The molecule has 0 atom stereocenters. The van der Waals surface area contributed by atoms with E-state index in [1.165, 1.54) is 0 Å². The van der Waals surface area contributed by atoms with Crippen LogP contribution in [0.15, 0.2) is 49.3 Å². The van der Waals surface area contributed by atoms with Crippen LogP contribution in [0, 0.1) is 0 Å². The zero-order chi connectivity index (χ0) is 15.1. The highest BCUT2D eigenvalue weighted by Crippen LogP contribution is 2.11. The van der Waals surface area contributed by atoms with Crippen LogP contribution in [0.3, 0.4) is 0 Å². The van der Waals surface area contributed by atoms with E-state index in [0.717, 1.165) is 18.1 Å². The van der Waals surface area contributed by atoms with Crippen molar-refractivity contribution < 1.29 is 4.79 Å². The molecule has 0 fully saturated rings. The summed E-state index contributed by atoms with van der Waals surface area (Å²) in [6.07, 6.45) is 5.42. The molecular formula is C16H20N4O. The zero-order valence-electron chi connectivity index (χ0n) is 12.2. The molecule has 1 heterocycles. The zero-order valence-corrected chi connectivity index (χ0v) is 12.2. The summed E-state index contributed by atoms with van der Waals surface area (Å²) in [4.78, 5) is 16.1. The molecule has 0 bridgehead atoms. The van der Waals surface area contributed by atoms with E-state index in [1.54, 1.807) is 24.4 Å². The number of carbonyl (C=O) groups excluding carboxylic acids is 1. The maximum Gasteiger partial charge on any atom is 0.251 e. The summed E-state index contributed by atoms with van der Waals surface area (Å²) < 4.78 is 2.09. The average molecular weight is 284 g/mol. The summed E-state index contributed by atoms with van der Waals surface area (Å²) in [6, 6.07) is 7.38. The van der Waals surface area contributed by atoms with E-state index in [0.29, 0.717) is 18.7 Å². The van der Waals surface area contributed by atoms with Crippen LogP contribution in [-0.4, -0.2) is 22.0 Å². The van der Waals surface area contributed by atoms with Crippen molar-refractivity contribution in [1.29, 1.82) is 0 Å². The van der Waals surface area contributed by atoms with Gasteiger partial charge in [0.05, 0.1) is 6.54 Å². The third-order valence-corrected chi connectivity index (χ3v) is 3.15. The lowest BCUT2D eigenvalue weighted by Gasteiger charge is -2.09. The SMILES string of the molecule is C=CCNC(=O)c1ccc(NCc2nccn2CC)cc1. The fraction of sp³-hybridized carbons (Fsp3) is 0.250. The number of rotatable bonds is 7. The minimum atomic E-state index is -0.0945. The average Bonchev–Trinajstić information content (AvgIpc) is 2.98. The van der Waals surface area contributed by atoms with E-state index >= 15 is 0 Å². The third-order valence-electron chi connectivity index (χ3n) is 3.15. The van der Waals surface area contributed by atoms with Gasteiger partial charge in [-0.2, -0.15) is 0 Å². The standard InChI is InChI=1S/C16H20N4O/c1-3-9-18-16(21)13-5-7-14(8-6-13)19-12-15-17-10-11-20(15)4-2/h3,5-8,10-11,19H,1,4,9,12H2,2H3,(H,18,21). The number of nitrogens with one attached hydrogen (secondary N) is 2. The predicted molar refractivity (Wildman–Crippen MR) is 84.2 cm³/mol. The van der Waals surface area contributed by atoms with Gasteiger partial charge < -0.3 is 15.2 Å². The monoisotopic (exact) mass is 284 g/mol. The Hall–Kier alpha value is -2.56. The number of benzene rings is 1. The summed E-state index contributed by atoms with van der Waals surface area (Å²) >= 11 is 0. The van der Waals surface area contributed by atoms with Crippen molar-refractivity contribution in [2.24, 2.45) is 0 Å². The summed E-state index contributed by atoms with van der Waals surface area (Å²) in [6.45, 7) is 7.68. The van der Waals surface area contributed by atoms with Crippen LogP contribution in [0.4, 0.5) is 5.69 Å². The molecule has 2 aromatic rings. The maximum absolute atomic E-state index is 11.8. The summed E-state index contributed by atoms with van der Waals surface area (Å²) in [7, 11) is 0. The fourth-order valence-corrected chi connectivity index (χ4v) is 1.98. The molecule has 21 heavy (non-hydrogen) atoms. The van der Waals surface area contributed by atoms with E-state index < -0.39 is 0 Å². The first-order valence-electron chi connectivity index (χ1n) is 6.97. The van der Waals surface area contributed by atoms with Crippen molar-refractivity contribution in [3.05, 3.63) is 60.7 Å². The minimum Gasteiger partial charge on any atom is -0.378 e. The summed E-state index contributed by atoms with van der Waals surface area (Å²) in [5, 5.41) is 6.05. The molecule has 0 radical (unpaired) electrons. The molecule has 0 unspecified atom stereocenters. The molecule has 1 aromatic carbocycles. The number of anilines is 1. The molecule has 2 rings (SSSR count). The van der Waals surface area contributed by atoms with E-state index in [9.17, 15) is 4.79 Å². The number of hydrogen-bond acceptors (Lipinski definition) is 3. The van der Waals surface area contributed by atoms with Gasteiger partial charge in [0.15, 0.2) is 0 Å². The second-order valence-corrected chi connectivity index (χ2v) is 4.56. The number of nitrogens with zero attached hydrogens (tertiary/aromatic N) is 2. The van der Waals surface area contributed by atoms with Crippen molar-refractivity contribution >= 4 is 11.6 Å². The smallest absolute Gasteiger partial charge is 0.251 e. The van der Waals surface area contributed by atoms with Crippen LogP contribution >= 0.6 is 0 Å². The second-order valence-electron chi connectivity index (χ2n) is 4.56. The van der Waals surface area contributed by atoms with Crippen LogP contribution in [0.25, 0.3) is 0 Å². The van der Waals surface area contributed by atoms with Gasteiger partial charge in [-0.15, -0.1) is 6.58 Å². The molecule has 0 aliphatic heterocycles. The van der Waals surface area contributed by atoms with Gasteiger partial charge in [0.25, 0.3) is 5.91 Å². The Bertz CT molecular complexity index is 601. The van der Waals surface area contributed by atoms with Crippen molar-refractivity contribution in [2.45, 2.75) is 20.0 Å². The van der Waals surface area contributed by atoms with Gasteiger partial charge in [-0.3, -0.25) is 4.79 Å². The Balaban J connectivity index is 1.93. The molecule has 110 valence electrons. The van der Waals surface area contributed by atoms with Crippen LogP contribution in [0.5, 0.6) is 0 Å². The highest BCUT2D eigenvalue weighted by Gasteiger charge is 2.04. The van der Waals surface area contributed by atoms with Gasteiger partial charge >= 0.3 is 0 Å². The van der Waals surface area contributed by atoms with Gasteiger partial charge in [0.2, 0.25) is 0 Å². The summed E-state index contributed by atoms with van der Waals surface area (Å²) in [5.41, 5.74) is 1.60. The molecule has 0 saturated heterocycles. The van der Waals surface area contributed by atoms with Crippen molar-refractivity contribution in [3.8, 4) is 0 Å². The number of carbonyl (C=O) groups is 1. The van der Waals surface area contributed by atoms with Gasteiger partial charge in [-0.25, -0.2) is 4.98 Å². The molecule has 5 nitrogen and oxygen atoms in total. The number of aromatic nitrogens is 2. The van der Waals surface area contributed by atoms with Gasteiger partial charge in [-0.1, -0.05) is 6.08 Å². The Morgan fingerprint density at radius 3 is 2.81 bits per heavy atom. The van der Waals surface area contributed by atoms with E-state index in [1.807, 2.05) is 18.3 Å². The van der Waals surface area contributed by atoms with Crippen molar-refractivity contribution in [3.63, 3.8) is 0 Å². The first kappa shape index (κ1) is 14.8. The Kier molecular flexibility index (Phi) is 5.15. The first-order valence-corrected chi connectivity index (χ1v) is 6.97. The quantitative estimate of drug-likeness (QED) is 0.768. The molecule has 0 saturated carbocycles. The Morgan fingerprint density at radius 2 is 2.14 bits per heavy atom. The lowest BCUT2D eigenvalue weighted by Crippen LogP contribution is -2.23. The lowest BCUT2D eigenvalue weighted by molar-refractivity contribution is 0.0958. The van der Waals surface area contributed by atoms with Crippen molar-refractivity contribution in [2.75, 3.05) is 11.9 Å². The second kappa shape index (κ2) is 7.28. The Labute approximate surface area is 124 Å². The van der Waals surface area contributed by atoms with E-state index in [2.05, 4.69) is 33.7 Å². The third kappa shape index (κ3) is 3.95. The van der Waals surface area contributed by atoms with E-state index in [-0.39, 0.29) is 5.91 Å². The van der Waals surface area contributed by atoms with Crippen LogP contribution < -0.4 is 10.6 Å². The normalized spacial score (nSPS) is 10.1. The molecular weight excluding hydrogens is 264 g/mol. The number of hydrogen-bond donors (Lipinski definition) is 2. The topological polar surface area (TPSA) is 59.0 Å². The minimum absolute atomic E-state index is 0.0945. The van der Waals surface area contributed by atoms with Gasteiger partial charge in [0.1, 0.15) is 5.82 Å². The molecule has 2 N–H and O–H groups in total. The van der Waals surface area contributed by atoms with Gasteiger partial charge in [-0.05, 0) is 31.2 Å². The highest BCUT2D eigenvalue weighted by molar-refractivity contribution is 5.94. The molecule has 1 amide bonds. The lowest BCUT2D eigenvalue weighted by atomic mass is 10.2. The molecule has 1 aromatic heterocycles. The molecule has 0 spiro atoms. The van der Waals surface area contributed by atoms with Gasteiger partial charge in [0, 0.05) is 36.7 Å². The van der Waals surface area contributed by atoms with E-state index in [4.69, 9.17) is 0 Å². The largest absolute Gasteiger partial charge is 0.378 e. The molecule has 0 aliphatic carbocycles. The van der Waals surface area contributed by atoms with Crippen LogP contribution in [-0.2, 0) is 13.1 Å². The number of amides is 1. The van der Waals surface area contributed by atoms with Crippen LogP contribution in [0.1, 0.15) is 23.1 Å². The molecule has 0 aliphatic rings. The summed E-state index contributed by atoms with van der Waals surface area (Å²) in [5.74, 6) is 0.897. The maximum atomic E-state index is 11.8. The highest BCUT2D eigenvalue weighted by atomic mass is 16.1.